The lowest BCUT2D eigenvalue weighted by atomic mass is 10.1. The van der Waals surface area contributed by atoms with E-state index in [1.807, 2.05) is 0 Å². The molecule has 0 aliphatic rings. The Kier molecular flexibility index (Phi) is 4.57. The molecular formula is C17H22N3+. The van der Waals surface area contributed by atoms with E-state index in [0.717, 1.165) is 19.4 Å². The predicted octanol–water partition coefficient (Wildman–Crippen LogP) is 3.38. The van der Waals surface area contributed by atoms with E-state index in [0.29, 0.717) is 6.42 Å². The smallest absolute Gasteiger partial charge is 0.236 e. The zero-order valence-electron chi connectivity index (χ0n) is 12.6. The van der Waals surface area contributed by atoms with Crippen LogP contribution < -0.4 is 4.57 Å². The normalized spacial score (nSPS) is 10.5. The number of nitriles is 1. The van der Waals surface area contributed by atoms with E-state index in [2.05, 4.69) is 66.8 Å². The molecular weight excluding hydrogens is 246 g/mol. The van der Waals surface area contributed by atoms with Gasteiger partial charge in [0.25, 0.3) is 0 Å². The molecule has 0 aliphatic heterocycles. The number of hydrogen-bond acceptors (Lipinski definition) is 1. The van der Waals surface area contributed by atoms with Crippen molar-refractivity contribution in [2.45, 2.75) is 46.6 Å². The highest BCUT2D eigenvalue weighted by atomic mass is 15.1. The first kappa shape index (κ1) is 14.3. The number of rotatable bonds is 5. The van der Waals surface area contributed by atoms with Crippen molar-refractivity contribution >= 4 is 0 Å². The summed E-state index contributed by atoms with van der Waals surface area (Å²) in [6.45, 7) is 7.42. The lowest BCUT2D eigenvalue weighted by Gasteiger charge is -2.07. The third-order valence-electron chi connectivity index (χ3n) is 3.54. The van der Waals surface area contributed by atoms with Crippen LogP contribution in [0.15, 0.2) is 30.9 Å². The van der Waals surface area contributed by atoms with Crippen LogP contribution in [-0.4, -0.2) is 4.57 Å². The topological polar surface area (TPSA) is 32.6 Å². The number of aryl methyl sites for hydroxylation is 4. The maximum absolute atomic E-state index is 8.54. The van der Waals surface area contributed by atoms with Crippen molar-refractivity contribution in [1.29, 1.82) is 5.26 Å². The zero-order chi connectivity index (χ0) is 14.5. The molecule has 0 bridgehead atoms. The number of nitrogens with zero attached hydrogens (tertiary/aromatic N) is 3. The average molecular weight is 268 g/mol. The Morgan fingerprint density at radius 1 is 1.15 bits per heavy atom. The SMILES string of the molecule is Cc1cc(C)c(-n2cc[n+](CCCCC#N)c2)c(C)c1. The third kappa shape index (κ3) is 3.27. The van der Waals surface area contributed by atoms with Crippen LogP contribution in [0.1, 0.15) is 36.0 Å². The summed E-state index contributed by atoms with van der Waals surface area (Å²) in [6, 6.07) is 6.63. The van der Waals surface area contributed by atoms with Gasteiger partial charge in [-0.1, -0.05) is 17.7 Å². The van der Waals surface area contributed by atoms with Gasteiger partial charge in [-0.2, -0.15) is 5.26 Å². The largest absolute Gasteiger partial charge is 0.248 e. The highest BCUT2D eigenvalue weighted by Gasteiger charge is 2.12. The van der Waals surface area contributed by atoms with Gasteiger partial charge in [0.2, 0.25) is 6.33 Å². The first-order valence-electron chi connectivity index (χ1n) is 7.14. The van der Waals surface area contributed by atoms with Crippen molar-refractivity contribution in [2.75, 3.05) is 0 Å². The molecule has 2 rings (SSSR count). The average Bonchev–Trinajstić information content (AvgIpc) is 2.82. The fourth-order valence-electron chi connectivity index (χ4n) is 2.74. The van der Waals surface area contributed by atoms with E-state index >= 15 is 0 Å². The minimum atomic E-state index is 0.650. The van der Waals surface area contributed by atoms with E-state index in [1.54, 1.807) is 0 Å². The van der Waals surface area contributed by atoms with Crippen LogP contribution in [0.3, 0.4) is 0 Å². The van der Waals surface area contributed by atoms with Crippen LogP contribution in [-0.2, 0) is 6.54 Å². The highest BCUT2D eigenvalue weighted by Crippen LogP contribution is 2.20. The lowest BCUT2D eigenvalue weighted by Crippen LogP contribution is -2.30. The molecule has 3 nitrogen and oxygen atoms in total. The maximum Gasteiger partial charge on any atom is 0.248 e. The predicted molar refractivity (Wildman–Crippen MR) is 79.6 cm³/mol. The van der Waals surface area contributed by atoms with Crippen LogP contribution in [0.4, 0.5) is 0 Å². The summed E-state index contributed by atoms with van der Waals surface area (Å²) < 4.78 is 4.38. The van der Waals surface area contributed by atoms with Gasteiger partial charge in [-0.05, 0) is 44.7 Å². The Morgan fingerprint density at radius 2 is 1.85 bits per heavy atom. The molecule has 0 fully saturated rings. The van der Waals surface area contributed by atoms with Gasteiger partial charge in [0.05, 0.1) is 12.6 Å². The quantitative estimate of drug-likeness (QED) is 0.604. The van der Waals surface area contributed by atoms with Crippen LogP contribution in [0.2, 0.25) is 0 Å². The Morgan fingerprint density at radius 3 is 2.50 bits per heavy atom. The van der Waals surface area contributed by atoms with E-state index < -0.39 is 0 Å². The van der Waals surface area contributed by atoms with Gasteiger partial charge >= 0.3 is 0 Å². The van der Waals surface area contributed by atoms with E-state index in [1.165, 1.54) is 22.4 Å². The molecule has 0 aliphatic carbocycles. The van der Waals surface area contributed by atoms with Crippen molar-refractivity contribution < 1.29 is 4.57 Å². The number of imidazole rings is 1. The Balaban J connectivity index is 2.15. The van der Waals surface area contributed by atoms with Crippen molar-refractivity contribution in [3.63, 3.8) is 0 Å². The maximum atomic E-state index is 8.54. The summed E-state index contributed by atoms with van der Waals surface area (Å²) in [7, 11) is 0. The molecule has 1 aromatic carbocycles. The lowest BCUT2D eigenvalue weighted by molar-refractivity contribution is -0.696. The van der Waals surface area contributed by atoms with Gasteiger partial charge in [-0.25, -0.2) is 9.13 Å². The summed E-state index contributed by atoms with van der Waals surface area (Å²) in [6.07, 6.45) is 9.01. The molecule has 20 heavy (non-hydrogen) atoms. The standard InChI is InChI=1S/C17H22N3/c1-14-11-15(2)17(16(3)12-14)20-10-9-19(13-20)8-6-4-5-7-18/h9-13H,4-6,8H2,1-3H3/q+1. The van der Waals surface area contributed by atoms with Gasteiger partial charge in [0.15, 0.2) is 0 Å². The fourth-order valence-corrected chi connectivity index (χ4v) is 2.74. The molecule has 3 heteroatoms. The molecule has 2 aromatic rings. The highest BCUT2D eigenvalue weighted by molar-refractivity contribution is 5.48. The van der Waals surface area contributed by atoms with Crippen molar-refractivity contribution in [2.24, 2.45) is 0 Å². The summed E-state index contributed by atoms with van der Waals surface area (Å²) in [5, 5.41) is 8.54. The van der Waals surface area contributed by atoms with Gasteiger partial charge in [-0.3, -0.25) is 0 Å². The summed E-state index contributed by atoms with van der Waals surface area (Å²) in [5.41, 5.74) is 5.18. The van der Waals surface area contributed by atoms with Gasteiger partial charge in [0, 0.05) is 6.42 Å². The molecule has 0 amide bonds. The number of unbranched alkanes of at least 4 members (excludes halogenated alkanes) is 2. The Hall–Kier alpha value is -2.08. The molecule has 1 aromatic heterocycles. The van der Waals surface area contributed by atoms with E-state index in [4.69, 9.17) is 5.26 Å². The molecule has 0 saturated heterocycles. The monoisotopic (exact) mass is 268 g/mol. The van der Waals surface area contributed by atoms with E-state index in [9.17, 15) is 0 Å². The minimum Gasteiger partial charge on any atom is -0.236 e. The van der Waals surface area contributed by atoms with E-state index in [-0.39, 0.29) is 0 Å². The molecule has 0 atom stereocenters. The first-order valence-corrected chi connectivity index (χ1v) is 7.14. The summed E-state index contributed by atoms with van der Waals surface area (Å²) in [4.78, 5) is 0. The van der Waals surface area contributed by atoms with Crippen LogP contribution in [0, 0.1) is 32.1 Å². The first-order chi connectivity index (χ1) is 9.61. The van der Waals surface area contributed by atoms with Crippen molar-refractivity contribution in [1.82, 2.24) is 4.57 Å². The fraction of sp³-hybridized carbons (Fsp3) is 0.412. The summed E-state index contributed by atoms with van der Waals surface area (Å²) in [5.74, 6) is 0. The third-order valence-corrected chi connectivity index (χ3v) is 3.54. The zero-order valence-corrected chi connectivity index (χ0v) is 12.6. The number of aromatic nitrogens is 2. The molecule has 104 valence electrons. The van der Waals surface area contributed by atoms with Crippen molar-refractivity contribution in [3.05, 3.63) is 47.5 Å². The van der Waals surface area contributed by atoms with Gasteiger partial charge in [-0.15, -0.1) is 0 Å². The molecule has 0 saturated carbocycles. The second-order valence-electron chi connectivity index (χ2n) is 5.42. The minimum absolute atomic E-state index is 0.650. The number of hydrogen-bond donors (Lipinski definition) is 0. The van der Waals surface area contributed by atoms with Gasteiger partial charge in [0.1, 0.15) is 18.1 Å². The Labute approximate surface area is 121 Å². The second kappa shape index (κ2) is 6.38. The van der Waals surface area contributed by atoms with Crippen LogP contribution in [0.5, 0.6) is 0 Å². The van der Waals surface area contributed by atoms with Crippen molar-refractivity contribution in [3.8, 4) is 11.8 Å². The molecule has 0 radical (unpaired) electrons. The molecule has 1 heterocycles. The van der Waals surface area contributed by atoms with Crippen LogP contribution >= 0.6 is 0 Å². The second-order valence-corrected chi connectivity index (χ2v) is 5.42. The molecule has 0 unspecified atom stereocenters. The summed E-state index contributed by atoms with van der Waals surface area (Å²) >= 11 is 0. The van der Waals surface area contributed by atoms with Crippen LogP contribution in [0.25, 0.3) is 5.69 Å². The molecule has 0 spiro atoms. The molecule has 0 N–H and O–H groups in total. The Bertz CT molecular complexity index is 609. The van der Waals surface area contributed by atoms with Gasteiger partial charge < -0.3 is 0 Å². The number of benzene rings is 1.